The van der Waals surface area contributed by atoms with Crippen molar-refractivity contribution >= 4 is 80.2 Å². The first kappa shape index (κ1) is 36.2. The normalized spacial score (nSPS) is 15.0. The third-order valence-corrected chi connectivity index (χ3v) is 15.0. The first-order valence-corrected chi connectivity index (χ1v) is 20.5. The number of fused-ring (bicyclic) bond motifs is 4. The van der Waals surface area contributed by atoms with Crippen molar-refractivity contribution in [2.24, 2.45) is 0 Å². The van der Waals surface area contributed by atoms with Gasteiger partial charge in [-0.3, -0.25) is 0 Å². The summed E-state index contributed by atoms with van der Waals surface area (Å²) < 4.78 is 0. The molecule has 0 heterocycles. The van der Waals surface area contributed by atoms with Gasteiger partial charge in [-0.15, -0.1) is 0 Å². The zero-order valence-electron chi connectivity index (χ0n) is 29.0. The molecule has 252 valence electrons. The Morgan fingerprint density at radius 2 is 0.472 bits per heavy atom. The van der Waals surface area contributed by atoms with Crippen molar-refractivity contribution in [1.82, 2.24) is 0 Å². The maximum Gasteiger partial charge on any atom is 2.00 e. The molecule has 0 saturated heterocycles. The average Bonchev–Trinajstić information content (AvgIpc) is 3.95. The maximum absolute atomic E-state index is 2.31. The van der Waals surface area contributed by atoms with E-state index in [1.165, 1.54) is 75.6 Å². The molecule has 0 spiro atoms. The van der Waals surface area contributed by atoms with Gasteiger partial charge in [-0.05, 0) is 132 Å². The second-order valence-corrected chi connectivity index (χ2v) is 17.3. The molecule has 3 heteroatoms. The zero-order valence-corrected chi connectivity index (χ0v) is 31.9. The van der Waals surface area contributed by atoms with Crippen molar-refractivity contribution in [3.05, 3.63) is 233 Å². The van der Waals surface area contributed by atoms with Crippen LogP contribution in [-0.4, -0.2) is 0 Å². The van der Waals surface area contributed by atoms with Crippen LogP contribution in [-0.2, 0) is 17.1 Å². The van der Waals surface area contributed by atoms with Crippen molar-refractivity contribution in [2.45, 2.75) is 0 Å². The Balaban J connectivity index is 0.000000148. The smallest absolute Gasteiger partial charge is 0.0616 e. The molecule has 53 heavy (non-hydrogen) atoms. The van der Waals surface area contributed by atoms with Gasteiger partial charge in [0, 0.05) is 11.3 Å². The molecular weight excluding hydrogens is 718 g/mol. The molecule has 0 nitrogen and oxygen atoms in total. The fourth-order valence-electron chi connectivity index (χ4n) is 7.45. The van der Waals surface area contributed by atoms with Crippen LogP contribution in [0, 0.1) is 62.7 Å². The minimum atomic E-state index is -0.609. The quantitative estimate of drug-likeness (QED) is 0.117. The van der Waals surface area contributed by atoms with Crippen LogP contribution in [0.25, 0.3) is 43.1 Å². The Hall–Kier alpha value is -3.82. The minimum absolute atomic E-state index is 0. The van der Waals surface area contributed by atoms with Crippen LogP contribution in [0.2, 0.25) is 0 Å². The monoisotopic (exact) mass is 754 g/mol. The van der Waals surface area contributed by atoms with Gasteiger partial charge in [0.05, 0.1) is 0 Å². The Labute approximate surface area is 328 Å². The van der Waals surface area contributed by atoms with Crippen molar-refractivity contribution in [3.8, 4) is 0 Å². The third-order valence-electron chi connectivity index (χ3n) is 9.84. The van der Waals surface area contributed by atoms with Gasteiger partial charge >= 0.3 is 17.1 Å². The van der Waals surface area contributed by atoms with Crippen molar-refractivity contribution < 1.29 is 17.1 Å². The molecular formula is C50H36FeP2+2. The van der Waals surface area contributed by atoms with Crippen LogP contribution in [0.3, 0.4) is 0 Å². The molecule has 0 atom stereocenters. The number of hydrogen-bond acceptors (Lipinski definition) is 0. The molecule has 0 bridgehead atoms. The molecule has 0 N–H and O–H groups in total. The van der Waals surface area contributed by atoms with E-state index in [1.807, 2.05) is 0 Å². The standard InChI is InChI=1S/2C25H18P.Fe/c2*1-5-15-22-19(9-1)11-7-17-24(22)26(21-13-3-4-14-21)25-18-8-12-20-10-2-6-16-23(20)25;/h2*1-18H;/q;;+2. The van der Waals surface area contributed by atoms with E-state index in [0.717, 1.165) is 0 Å². The van der Waals surface area contributed by atoms with Crippen LogP contribution in [0.4, 0.5) is 0 Å². The van der Waals surface area contributed by atoms with Gasteiger partial charge in [0.1, 0.15) is 0 Å². The number of rotatable bonds is 6. The number of hydrogen-bond donors (Lipinski definition) is 0. The predicted molar refractivity (Wildman–Crippen MR) is 229 cm³/mol. The molecule has 10 rings (SSSR count). The van der Waals surface area contributed by atoms with Gasteiger partial charge in [0.25, 0.3) is 0 Å². The Kier molecular flexibility index (Phi) is 11.4. The second kappa shape index (κ2) is 16.7. The summed E-state index contributed by atoms with van der Waals surface area (Å²) in [6, 6.07) is 61.8. The molecule has 0 amide bonds. The second-order valence-electron chi connectivity index (χ2n) is 13.0. The van der Waals surface area contributed by atoms with Crippen LogP contribution < -0.4 is 21.2 Å². The van der Waals surface area contributed by atoms with Gasteiger partial charge < -0.3 is 0 Å². The van der Waals surface area contributed by atoms with Crippen LogP contribution in [0.5, 0.6) is 0 Å². The summed E-state index contributed by atoms with van der Waals surface area (Å²) in [4.78, 5) is 0. The SMILES string of the molecule is [CH]1[CH][CH][C](P(c2cccc3ccccc23)c2cccc3ccccc23)[CH]1.[CH]1[CH][CH][C](P(c2cccc3ccccc23)c2cccc3ccccc23)[CH]1.[Fe+2]. The molecule has 8 aromatic rings. The van der Waals surface area contributed by atoms with Gasteiger partial charge in [0.2, 0.25) is 0 Å². The summed E-state index contributed by atoms with van der Waals surface area (Å²) in [5.41, 5.74) is 2.82. The van der Waals surface area contributed by atoms with Crippen LogP contribution >= 0.6 is 15.8 Å². The number of benzene rings is 8. The summed E-state index contributed by atoms with van der Waals surface area (Å²) >= 11 is 0. The van der Waals surface area contributed by atoms with E-state index >= 15 is 0 Å². The van der Waals surface area contributed by atoms with Crippen LogP contribution in [0.15, 0.2) is 170 Å². The Bertz CT molecular complexity index is 2120. The topological polar surface area (TPSA) is 0 Å². The van der Waals surface area contributed by atoms with Gasteiger partial charge in [0.15, 0.2) is 0 Å². The van der Waals surface area contributed by atoms with Gasteiger partial charge in [-0.2, -0.15) is 0 Å². The predicted octanol–water partition coefficient (Wildman–Crippen LogP) is 11.6. The van der Waals surface area contributed by atoms with E-state index in [0.29, 0.717) is 0 Å². The van der Waals surface area contributed by atoms with E-state index in [4.69, 9.17) is 0 Å². The van der Waals surface area contributed by atoms with E-state index < -0.39 is 15.8 Å². The van der Waals surface area contributed by atoms with Gasteiger partial charge in [-0.1, -0.05) is 170 Å². The molecule has 0 aromatic heterocycles. The summed E-state index contributed by atoms with van der Waals surface area (Å²) in [6.45, 7) is 0. The summed E-state index contributed by atoms with van der Waals surface area (Å²) in [5, 5.41) is 16.4. The largest absolute Gasteiger partial charge is 2.00 e. The maximum atomic E-state index is 2.31. The van der Waals surface area contributed by atoms with E-state index in [2.05, 4.69) is 221 Å². The Morgan fingerprint density at radius 3 is 0.736 bits per heavy atom. The van der Waals surface area contributed by atoms with Gasteiger partial charge in [-0.25, -0.2) is 0 Å². The molecule has 0 unspecified atom stereocenters. The summed E-state index contributed by atoms with van der Waals surface area (Å²) in [5.74, 6) is 0. The molecule has 10 radical (unpaired) electrons. The first-order valence-electron chi connectivity index (χ1n) is 17.8. The molecule has 2 aliphatic carbocycles. The minimum Gasteiger partial charge on any atom is -0.0616 e. The molecule has 2 saturated carbocycles. The van der Waals surface area contributed by atoms with Crippen LogP contribution in [0.1, 0.15) is 0 Å². The molecule has 2 fully saturated rings. The summed E-state index contributed by atoms with van der Waals surface area (Å²) in [6.07, 6.45) is 17.7. The summed E-state index contributed by atoms with van der Waals surface area (Å²) in [7, 11) is -1.22. The van der Waals surface area contributed by atoms with E-state index in [1.54, 1.807) is 0 Å². The fraction of sp³-hybridized carbons (Fsp3) is 0. The van der Waals surface area contributed by atoms with E-state index in [-0.39, 0.29) is 17.1 Å². The fourth-order valence-corrected chi connectivity index (χ4v) is 12.7. The first-order chi connectivity index (χ1) is 25.8. The zero-order chi connectivity index (χ0) is 34.7. The Morgan fingerprint density at radius 1 is 0.245 bits per heavy atom. The molecule has 0 aliphatic heterocycles. The molecule has 2 aliphatic rings. The molecule has 8 aromatic carbocycles. The third kappa shape index (κ3) is 7.36. The van der Waals surface area contributed by atoms with Crippen molar-refractivity contribution in [2.75, 3.05) is 0 Å². The van der Waals surface area contributed by atoms with Crippen molar-refractivity contribution in [1.29, 1.82) is 0 Å². The van der Waals surface area contributed by atoms with E-state index in [9.17, 15) is 0 Å². The van der Waals surface area contributed by atoms with Crippen molar-refractivity contribution in [3.63, 3.8) is 0 Å². The average molecular weight is 755 g/mol.